The Bertz CT molecular complexity index is 1050. The number of ether oxygens (including phenoxy) is 1. The van der Waals surface area contributed by atoms with E-state index in [4.69, 9.17) is 4.74 Å². The van der Waals surface area contributed by atoms with Gasteiger partial charge in [0.2, 0.25) is 5.91 Å². The molecule has 150 valence electrons. The average molecular weight is 393 g/mol. The molecular formula is C22H23N3O4. The number of nitrogens with one attached hydrogen (secondary N) is 1. The highest BCUT2D eigenvalue weighted by Crippen LogP contribution is 2.24. The summed E-state index contributed by atoms with van der Waals surface area (Å²) in [5.74, 6) is 0.509. The fourth-order valence-electron chi connectivity index (χ4n) is 3.10. The van der Waals surface area contributed by atoms with E-state index in [1.54, 1.807) is 26.2 Å². The highest BCUT2D eigenvalue weighted by atomic mass is 16.6. The number of amides is 1. The third-order valence-corrected chi connectivity index (χ3v) is 4.94. The number of methoxy groups -OCH3 is 1. The van der Waals surface area contributed by atoms with Gasteiger partial charge in [0.05, 0.1) is 18.1 Å². The molecule has 0 aliphatic rings. The van der Waals surface area contributed by atoms with E-state index in [1.807, 2.05) is 42.3 Å². The van der Waals surface area contributed by atoms with Crippen LogP contribution in [-0.4, -0.2) is 35.9 Å². The molecule has 0 aliphatic carbocycles. The van der Waals surface area contributed by atoms with Crippen LogP contribution in [0.4, 0.5) is 11.4 Å². The lowest BCUT2D eigenvalue weighted by atomic mass is 10.1. The topological polar surface area (TPSA) is 84.7 Å². The Kier molecular flexibility index (Phi) is 6.09. The summed E-state index contributed by atoms with van der Waals surface area (Å²) in [6, 6.07) is 17.7. The second-order valence-electron chi connectivity index (χ2n) is 6.90. The van der Waals surface area contributed by atoms with Crippen LogP contribution >= 0.6 is 0 Å². The quantitative estimate of drug-likeness (QED) is 0.480. The minimum atomic E-state index is -0.506. The van der Waals surface area contributed by atoms with Crippen molar-refractivity contribution in [3.8, 4) is 5.75 Å². The van der Waals surface area contributed by atoms with Crippen molar-refractivity contribution < 1.29 is 14.5 Å². The lowest BCUT2D eigenvalue weighted by Crippen LogP contribution is -2.39. The predicted octanol–water partition coefficient (Wildman–Crippen LogP) is 4.22. The SMILES string of the molecule is COc1ccc2cc(CN(C)[C@H](C)C(=O)Nc3ccccc3[N+](=O)[O-])ccc2c1. The Morgan fingerprint density at radius 1 is 1.14 bits per heavy atom. The van der Waals surface area contributed by atoms with Gasteiger partial charge < -0.3 is 10.1 Å². The van der Waals surface area contributed by atoms with Gasteiger partial charge in [0.1, 0.15) is 11.4 Å². The number of carbonyl (C=O) groups is 1. The lowest BCUT2D eigenvalue weighted by Gasteiger charge is -2.24. The molecule has 3 aromatic rings. The third kappa shape index (κ3) is 4.70. The van der Waals surface area contributed by atoms with Gasteiger partial charge >= 0.3 is 0 Å². The smallest absolute Gasteiger partial charge is 0.292 e. The summed E-state index contributed by atoms with van der Waals surface area (Å²) in [7, 11) is 3.49. The molecule has 0 aliphatic heterocycles. The summed E-state index contributed by atoms with van der Waals surface area (Å²) < 4.78 is 5.25. The first-order valence-electron chi connectivity index (χ1n) is 9.20. The van der Waals surface area contributed by atoms with Crippen LogP contribution in [0.25, 0.3) is 10.8 Å². The maximum Gasteiger partial charge on any atom is 0.292 e. The average Bonchev–Trinajstić information content (AvgIpc) is 2.72. The molecule has 1 atom stereocenters. The monoisotopic (exact) mass is 393 g/mol. The van der Waals surface area contributed by atoms with E-state index < -0.39 is 11.0 Å². The summed E-state index contributed by atoms with van der Waals surface area (Å²) in [5.41, 5.74) is 1.14. The predicted molar refractivity (Wildman–Crippen MR) is 113 cm³/mol. The van der Waals surface area contributed by atoms with Crippen molar-refractivity contribution in [2.45, 2.75) is 19.5 Å². The molecule has 0 heterocycles. The van der Waals surface area contributed by atoms with Gasteiger partial charge in [-0.3, -0.25) is 19.8 Å². The first-order chi connectivity index (χ1) is 13.9. The van der Waals surface area contributed by atoms with Crippen molar-refractivity contribution in [1.29, 1.82) is 0 Å². The summed E-state index contributed by atoms with van der Waals surface area (Å²) in [6.07, 6.45) is 0. The lowest BCUT2D eigenvalue weighted by molar-refractivity contribution is -0.383. The van der Waals surface area contributed by atoms with Crippen LogP contribution in [0.3, 0.4) is 0 Å². The van der Waals surface area contributed by atoms with Gasteiger partial charge in [-0.2, -0.15) is 0 Å². The molecule has 1 amide bonds. The molecule has 3 rings (SSSR count). The van der Waals surface area contributed by atoms with Crippen molar-refractivity contribution in [3.63, 3.8) is 0 Å². The zero-order chi connectivity index (χ0) is 21.0. The van der Waals surface area contributed by atoms with Crippen LogP contribution in [-0.2, 0) is 11.3 Å². The van der Waals surface area contributed by atoms with Crippen molar-refractivity contribution in [1.82, 2.24) is 4.90 Å². The third-order valence-electron chi connectivity index (χ3n) is 4.94. The molecule has 0 fully saturated rings. The minimum absolute atomic E-state index is 0.124. The van der Waals surface area contributed by atoms with Gasteiger partial charge in [-0.05, 0) is 54.6 Å². The number of rotatable bonds is 7. The number of likely N-dealkylation sites (N-methyl/N-ethyl adjacent to an activating group) is 1. The number of para-hydroxylation sites is 2. The second-order valence-corrected chi connectivity index (χ2v) is 6.90. The van der Waals surface area contributed by atoms with Gasteiger partial charge in [-0.1, -0.05) is 30.3 Å². The summed E-state index contributed by atoms with van der Waals surface area (Å²) >= 11 is 0. The zero-order valence-electron chi connectivity index (χ0n) is 16.6. The van der Waals surface area contributed by atoms with E-state index in [2.05, 4.69) is 11.4 Å². The number of nitro benzene ring substituents is 1. The number of nitrogens with zero attached hydrogens (tertiary/aromatic N) is 2. The summed E-state index contributed by atoms with van der Waals surface area (Å²) in [6.45, 7) is 2.34. The van der Waals surface area contributed by atoms with Crippen LogP contribution in [0.15, 0.2) is 60.7 Å². The number of benzene rings is 3. The molecule has 7 heteroatoms. The summed E-state index contributed by atoms with van der Waals surface area (Å²) in [5, 5.41) is 16.0. The number of fused-ring (bicyclic) bond motifs is 1. The fourth-order valence-corrected chi connectivity index (χ4v) is 3.10. The molecular weight excluding hydrogens is 370 g/mol. The van der Waals surface area contributed by atoms with Crippen LogP contribution in [0.1, 0.15) is 12.5 Å². The van der Waals surface area contributed by atoms with Gasteiger partial charge in [-0.25, -0.2) is 0 Å². The fraction of sp³-hybridized carbons (Fsp3) is 0.227. The Labute approximate surface area is 169 Å². The van der Waals surface area contributed by atoms with Crippen molar-refractivity contribution in [2.75, 3.05) is 19.5 Å². The molecule has 3 aromatic carbocycles. The van der Waals surface area contributed by atoms with Gasteiger partial charge in [-0.15, -0.1) is 0 Å². The zero-order valence-corrected chi connectivity index (χ0v) is 16.6. The molecule has 1 N–H and O–H groups in total. The maximum absolute atomic E-state index is 12.6. The minimum Gasteiger partial charge on any atom is -0.497 e. The van der Waals surface area contributed by atoms with Crippen molar-refractivity contribution in [2.24, 2.45) is 0 Å². The van der Waals surface area contributed by atoms with E-state index in [0.717, 1.165) is 22.1 Å². The van der Waals surface area contributed by atoms with Crippen molar-refractivity contribution >= 4 is 28.1 Å². The van der Waals surface area contributed by atoms with Crippen LogP contribution in [0, 0.1) is 10.1 Å². The molecule has 7 nitrogen and oxygen atoms in total. The number of nitro groups is 1. The molecule has 0 aromatic heterocycles. The molecule has 0 unspecified atom stereocenters. The Balaban J connectivity index is 1.70. The molecule has 29 heavy (non-hydrogen) atoms. The number of hydrogen-bond acceptors (Lipinski definition) is 5. The van der Waals surface area contributed by atoms with Gasteiger partial charge in [0.15, 0.2) is 0 Å². The molecule has 0 saturated carbocycles. The Morgan fingerprint density at radius 2 is 1.83 bits per heavy atom. The number of carbonyl (C=O) groups excluding carboxylic acids is 1. The Hall–Kier alpha value is -3.45. The number of anilines is 1. The largest absolute Gasteiger partial charge is 0.497 e. The molecule has 0 saturated heterocycles. The van der Waals surface area contributed by atoms with E-state index in [1.165, 1.54) is 12.1 Å². The van der Waals surface area contributed by atoms with E-state index in [0.29, 0.717) is 6.54 Å². The normalized spacial score (nSPS) is 12.0. The standard InChI is InChI=1S/C22H23N3O4/c1-15(22(26)23-20-6-4-5-7-21(20)25(27)28)24(2)14-16-8-9-18-13-19(29-3)11-10-17(18)12-16/h4-13,15H,14H2,1-3H3,(H,23,26)/t15-/m1/s1. The van der Waals surface area contributed by atoms with Crippen LogP contribution in [0.5, 0.6) is 5.75 Å². The number of hydrogen-bond donors (Lipinski definition) is 1. The highest BCUT2D eigenvalue weighted by Gasteiger charge is 2.21. The maximum atomic E-state index is 12.6. The first-order valence-corrected chi connectivity index (χ1v) is 9.20. The molecule has 0 bridgehead atoms. The van der Waals surface area contributed by atoms with Crippen LogP contribution in [0.2, 0.25) is 0 Å². The molecule has 0 radical (unpaired) electrons. The van der Waals surface area contributed by atoms with Crippen LogP contribution < -0.4 is 10.1 Å². The van der Waals surface area contributed by atoms with Crippen molar-refractivity contribution in [3.05, 3.63) is 76.3 Å². The second kappa shape index (κ2) is 8.70. The molecule has 0 spiro atoms. The van der Waals surface area contributed by atoms with E-state index in [9.17, 15) is 14.9 Å². The summed E-state index contributed by atoms with van der Waals surface area (Å²) in [4.78, 5) is 25.1. The van der Waals surface area contributed by atoms with Gasteiger partial charge in [0, 0.05) is 12.6 Å². The first kappa shape index (κ1) is 20.3. The highest BCUT2D eigenvalue weighted by molar-refractivity contribution is 5.96. The van der Waals surface area contributed by atoms with E-state index in [-0.39, 0.29) is 17.3 Å². The Morgan fingerprint density at radius 3 is 2.55 bits per heavy atom. The van der Waals surface area contributed by atoms with E-state index >= 15 is 0 Å². The van der Waals surface area contributed by atoms with Gasteiger partial charge in [0.25, 0.3) is 5.69 Å².